The van der Waals surface area contributed by atoms with Crippen LogP contribution in [0, 0.1) is 6.92 Å². The summed E-state index contributed by atoms with van der Waals surface area (Å²) in [5.74, 6) is 0.388. The van der Waals surface area contributed by atoms with Crippen LogP contribution in [0.5, 0.6) is 0 Å². The number of nitrogen functional groups attached to an aromatic ring is 1. The number of anilines is 1. The highest BCUT2D eigenvalue weighted by Gasteiger charge is 2.57. The number of β-amino-alcohol motifs (C(OH)–C–C–N with tert-alkyl or cyclic N) is 1. The maximum atomic E-state index is 13.1. The Bertz CT molecular complexity index is 1630. The number of halogens is 3. The third-order valence-electron chi connectivity index (χ3n) is 7.11. The molecule has 8 nitrogen and oxygen atoms in total. The molecule has 1 aliphatic rings. The summed E-state index contributed by atoms with van der Waals surface area (Å²) < 4.78 is 45.3. The van der Waals surface area contributed by atoms with E-state index < -0.39 is 30.7 Å². The fourth-order valence-electron chi connectivity index (χ4n) is 4.76. The molecule has 3 N–H and O–H groups in total. The number of likely N-dealkylation sites (tertiary alicyclic amines) is 1. The Hall–Kier alpha value is -4.51. The first kappa shape index (κ1) is 28.0. The third kappa shape index (κ3) is 5.99. The van der Waals surface area contributed by atoms with Crippen LogP contribution in [-0.2, 0) is 11.2 Å². The van der Waals surface area contributed by atoms with Crippen molar-refractivity contribution in [2.45, 2.75) is 38.0 Å². The zero-order chi connectivity index (χ0) is 29.4. The zero-order valence-corrected chi connectivity index (χ0v) is 22.1. The number of rotatable bonds is 7. The fraction of sp³-hybridized carbons (Fsp3) is 0.267. The van der Waals surface area contributed by atoms with Gasteiger partial charge in [0.15, 0.2) is 11.4 Å². The Morgan fingerprint density at radius 1 is 1.15 bits per heavy atom. The Labute approximate surface area is 233 Å². The molecule has 1 atom stereocenters. The average molecular weight is 565 g/mol. The van der Waals surface area contributed by atoms with Gasteiger partial charge < -0.3 is 20.2 Å². The summed E-state index contributed by atoms with van der Waals surface area (Å²) in [6.07, 6.45) is 1.40. The predicted molar refractivity (Wildman–Crippen MR) is 147 cm³/mol. The van der Waals surface area contributed by atoms with Gasteiger partial charge in [0.05, 0.1) is 17.8 Å². The highest BCUT2D eigenvalue weighted by atomic mass is 19.4. The van der Waals surface area contributed by atoms with Crippen molar-refractivity contribution in [3.05, 3.63) is 83.4 Å². The minimum atomic E-state index is -4.81. The van der Waals surface area contributed by atoms with E-state index in [1.165, 1.54) is 18.3 Å². The number of nitrogens with two attached hydrogens (primary N) is 1. The van der Waals surface area contributed by atoms with Gasteiger partial charge in [0.2, 0.25) is 0 Å². The van der Waals surface area contributed by atoms with Crippen LogP contribution in [0.15, 0.2) is 65.4 Å². The second-order valence-electron chi connectivity index (χ2n) is 10.2. The molecule has 1 aliphatic heterocycles. The number of nitrogens with zero attached hydrogens (tertiary/aromatic N) is 3. The van der Waals surface area contributed by atoms with Crippen molar-refractivity contribution in [3.63, 3.8) is 0 Å². The Balaban J connectivity index is 1.25. The summed E-state index contributed by atoms with van der Waals surface area (Å²) in [4.78, 5) is 34.4. The van der Waals surface area contributed by atoms with E-state index in [1.54, 1.807) is 30.5 Å². The number of benzene rings is 1. The quantitative estimate of drug-likeness (QED) is 0.298. The number of aryl methyl sites for hydroxylation is 2. The number of fused-ring (bicyclic) bond motifs is 1. The minimum absolute atomic E-state index is 0.0597. The van der Waals surface area contributed by atoms with Gasteiger partial charge in [0.1, 0.15) is 17.2 Å². The normalized spacial score (nSPS) is 17.5. The summed E-state index contributed by atoms with van der Waals surface area (Å²) >= 11 is 0. The highest BCUT2D eigenvalue weighted by molar-refractivity contribution is 5.95. The SMILES string of the molecule is Cc1cc(-c2ccc(C(=O)N3CCC(O)(C(F)(F)F)C3)cn2)cc2cc(CCC(=O)/C=C/c3ccc(N)nc3)oc12. The first-order valence-corrected chi connectivity index (χ1v) is 12.9. The van der Waals surface area contributed by atoms with Crippen LogP contribution in [0.3, 0.4) is 0 Å². The molecule has 41 heavy (non-hydrogen) atoms. The molecule has 4 aromatic rings. The van der Waals surface area contributed by atoms with Crippen molar-refractivity contribution < 1.29 is 32.3 Å². The number of ketones is 1. The van der Waals surface area contributed by atoms with Crippen molar-refractivity contribution in [2.75, 3.05) is 18.8 Å². The van der Waals surface area contributed by atoms with Crippen LogP contribution in [0.2, 0.25) is 0 Å². The number of alkyl halides is 3. The third-order valence-corrected chi connectivity index (χ3v) is 7.11. The molecular formula is C30H27F3N4O4. The summed E-state index contributed by atoms with van der Waals surface area (Å²) in [6.45, 7) is 0.885. The number of hydrogen-bond acceptors (Lipinski definition) is 7. The predicted octanol–water partition coefficient (Wildman–Crippen LogP) is 5.13. The summed E-state index contributed by atoms with van der Waals surface area (Å²) in [7, 11) is 0. The van der Waals surface area contributed by atoms with Crippen molar-refractivity contribution in [1.82, 2.24) is 14.9 Å². The maximum Gasteiger partial charge on any atom is 0.419 e. The number of amides is 1. The van der Waals surface area contributed by atoms with Gasteiger partial charge in [0, 0.05) is 49.2 Å². The highest BCUT2D eigenvalue weighted by Crippen LogP contribution is 2.38. The molecule has 0 radical (unpaired) electrons. The van der Waals surface area contributed by atoms with Crippen LogP contribution >= 0.6 is 0 Å². The van der Waals surface area contributed by atoms with E-state index in [4.69, 9.17) is 10.2 Å². The molecule has 11 heteroatoms. The Morgan fingerprint density at radius 3 is 2.61 bits per heavy atom. The first-order chi connectivity index (χ1) is 19.4. The lowest BCUT2D eigenvalue weighted by molar-refractivity contribution is -0.253. The van der Waals surface area contributed by atoms with E-state index in [2.05, 4.69) is 9.97 Å². The number of pyridine rings is 2. The van der Waals surface area contributed by atoms with Gasteiger partial charge in [0.25, 0.3) is 5.91 Å². The smallest absolute Gasteiger partial charge is 0.419 e. The van der Waals surface area contributed by atoms with Crippen LogP contribution in [-0.4, -0.2) is 56.5 Å². The molecule has 5 rings (SSSR count). The van der Waals surface area contributed by atoms with Gasteiger partial charge in [-0.25, -0.2) is 4.98 Å². The molecular weight excluding hydrogens is 537 g/mol. The number of hydrogen-bond donors (Lipinski definition) is 2. The molecule has 1 fully saturated rings. The number of allylic oxidation sites excluding steroid dienone is 1. The van der Waals surface area contributed by atoms with Gasteiger partial charge in [-0.1, -0.05) is 0 Å². The van der Waals surface area contributed by atoms with Gasteiger partial charge in [-0.15, -0.1) is 0 Å². The van der Waals surface area contributed by atoms with Gasteiger partial charge in [-0.05, 0) is 72.7 Å². The van der Waals surface area contributed by atoms with E-state index in [-0.39, 0.29) is 24.3 Å². The van der Waals surface area contributed by atoms with Crippen LogP contribution in [0.1, 0.15) is 40.1 Å². The largest absolute Gasteiger partial charge is 0.461 e. The van der Waals surface area contributed by atoms with E-state index in [1.807, 2.05) is 25.1 Å². The molecule has 3 aromatic heterocycles. The van der Waals surface area contributed by atoms with E-state index in [9.17, 15) is 27.9 Å². The van der Waals surface area contributed by atoms with Crippen LogP contribution in [0.4, 0.5) is 19.0 Å². The van der Waals surface area contributed by atoms with Crippen molar-refractivity contribution in [2.24, 2.45) is 0 Å². The lowest BCUT2D eigenvalue weighted by atomic mass is 10.0. The van der Waals surface area contributed by atoms with Crippen molar-refractivity contribution >= 4 is 34.6 Å². The number of carbonyl (C=O) groups is 2. The molecule has 0 saturated carbocycles. The second kappa shape index (κ2) is 10.8. The molecule has 1 unspecified atom stereocenters. The number of carbonyl (C=O) groups excluding carboxylic acids is 2. The van der Waals surface area contributed by atoms with Crippen LogP contribution in [0.25, 0.3) is 28.3 Å². The number of furan rings is 1. The molecule has 1 amide bonds. The minimum Gasteiger partial charge on any atom is -0.461 e. The topological polar surface area (TPSA) is 123 Å². The van der Waals surface area contributed by atoms with Crippen molar-refractivity contribution in [3.8, 4) is 11.3 Å². The van der Waals surface area contributed by atoms with Crippen molar-refractivity contribution in [1.29, 1.82) is 0 Å². The van der Waals surface area contributed by atoms with Gasteiger partial charge >= 0.3 is 6.18 Å². The Morgan fingerprint density at radius 2 is 1.95 bits per heavy atom. The molecule has 0 aliphatic carbocycles. The fourth-order valence-corrected chi connectivity index (χ4v) is 4.76. The zero-order valence-electron chi connectivity index (χ0n) is 22.1. The van der Waals surface area contributed by atoms with E-state index >= 15 is 0 Å². The number of aliphatic hydroxyl groups is 1. The molecule has 0 bridgehead atoms. The molecule has 0 spiro atoms. The first-order valence-electron chi connectivity index (χ1n) is 12.9. The number of aromatic nitrogens is 2. The van der Waals surface area contributed by atoms with E-state index in [0.29, 0.717) is 29.3 Å². The maximum absolute atomic E-state index is 13.1. The average Bonchev–Trinajstić information content (AvgIpc) is 3.56. The lowest BCUT2D eigenvalue weighted by Gasteiger charge is -2.25. The van der Waals surface area contributed by atoms with Gasteiger partial charge in [-0.2, -0.15) is 13.2 Å². The summed E-state index contributed by atoms with van der Waals surface area (Å²) in [5, 5.41) is 10.7. The molecule has 4 heterocycles. The van der Waals surface area contributed by atoms with Gasteiger partial charge in [-0.3, -0.25) is 14.6 Å². The monoisotopic (exact) mass is 564 g/mol. The summed E-state index contributed by atoms with van der Waals surface area (Å²) in [6, 6.07) is 12.2. The van der Waals surface area contributed by atoms with Crippen LogP contribution < -0.4 is 5.73 Å². The van der Waals surface area contributed by atoms with E-state index in [0.717, 1.165) is 27.0 Å². The molecule has 212 valence electrons. The standard InChI is InChI=1S/C30H27F3N4O4/c1-18-12-21(25-8-4-20(16-35-25)28(39)37-11-10-29(40,17-37)30(31,32)33)13-22-14-24(41-27(18)22)7-6-23(38)5-2-19-3-9-26(34)36-15-19/h2-5,8-9,12-16,40H,6-7,10-11,17H2,1H3,(H2,34,36)/b5-2+. The molecule has 1 saturated heterocycles. The lowest BCUT2D eigenvalue weighted by Crippen LogP contribution is -2.48. The molecule has 1 aromatic carbocycles. The second-order valence-corrected chi connectivity index (χ2v) is 10.2. The Kier molecular flexibility index (Phi) is 7.39. The summed E-state index contributed by atoms with van der Waals surface area (Å²) in [5.41, 5.74) is 6.47.